The van der Waals surface area contributed by atoms with Gasteiger partial charge in [0, 0.05) is 129 Å². The molecule has 3 aliphatic carbocycles. The van der Waals surface area contributed by atoms with Gasteiger partial charge in [0.15, 0.2) is 17.4 Å². The minimum absolute atomic E-state index is 0. The topological polar surface area (TPSA) is 186 Å². The van der Waals surface area contributed by atoms with Gasteiger partial charge < -0.3 is 7.16 Å². The van der Waals surface area contributed by atoms with Crippen molar-refractivity contribution >= 4 is 53.2 Å². The monoisotopic (exact) mass is 1040 g/mol. The van der Waals surface area contributed by atoms with Crippen LogP contribution in [0.5, 0.6) is 0 Å². The Kier molecular flexibility index (Phi) is 27.0. The Morgan fingerprint density at radius 1 is 0.537 bits per heavy atom. The summed E-state index contributed by atoms with van der Waals surface area (Å²) in [6.07, 6.45) is 5.05. The van der Waals surface area contributed by atoms with E-state index >= 15 is 0 Å². The molecular formula is C42H79AlF6LiN7O7S3. The summed E-state index contributed by atoms with van der Waals surface area (Å²) in [7, 11) is -9.31. The molecule has 3 heterocycles. The molecule has 67 heavy (non-hydrogen) atoms. The van der Waals surface area contributed by atoms with Crippen LogP contribution in [-0.2, 0) is 34.9 Å². The van der Waals surface area contributed by atoms with Crippen molar-refractivity contribution in [1.29, 1.82) is 5.26 Å². The first-order valence-corrected chi connectivity index (χ1v) is 28.3. The van der Waals surface area contributed by atoms with E-state index in [2.05, 4.69) is 11.0 Å². The second-order valence-corrected chi connectivity index (χ2v) is 24.6. The molecule has 0 amide bonds. The van der Waals surface area contributed by atoms with Crippen LogP contribution in [0.4, 0.5) is 26.3 Å². The van der Waals surface area contributed by atoms with E-state index in [1.54, 1.807) is 4.31 Å². The van der Waals surface area contributed by atoms with Crippen molar-refractivity contribution in [1.82, 2.24) is 22.7 Å². The summed E-state index contributed by atoms with van der Waals surface area (Å²) in [6, 6.07) is 2.23. The van der Waals surface area contributed by atoms with Crippen molar-refractivity contribution in [2.75, 3.05) is 89.3 Å². The maximum atomic E-state index is 13.4. The Hall–Kier alpha value is -0.520. The van der Waals surface area contributed by atoms with Gasteiger partial charge in [-0.25, -0.2) is 55.9 Å². The summed E-state index contributed by atoms with van der Waals surface area (Å²) in [5.74, 6) is -7.23. The quantitative estimate of drug-likeness (QED) is 0.223. The molecule has 388 valence electrons. The SMILES string of the molecule is CCCS(=O)(=O)N1CCCCC1.CCCS(=O)(=O)N1CCN(C2(C#N)CCC(F)(F)CC2)CC1.CCCS(=O)(=O)N1CCN(C2(CN)CCC(F)(F)CC2)CC1.O=C1CCC(F)(F)CC1.[AlH3].[H-].[Li+]. The Bertz CT molecular complexity index is 1860. The molecule has 3 saturated heterocycles. The average Bonchev–Trinajstić information content (AvgIpc) is 3.26. The Morgan fingerprint density at radius 2 is 0.866 bits per heavy atom. The van der Waals surface area contributed by atoms with Gasteiger partial charge in [-0.2, -0.15) is 13.9 Å². The molecule has 3 saturated carbocycles. The Labute approximate surface area is 421 Å². The first-order valence-electron chi connectivity index (χ1n) is 23.5. The van der Waals surface area contributed by atoms with Crippen LogP contribution >= 0.6 is 0 Å². The van der Waals surface area contributed by atoms with Crippen molar-refractivity contribution in [3.63, 3.8) is 0 Å². The molecular weight excluding hydrogens is 959 g/mol. The van der Waals surface area contributed by atoms with Gasteiger partial charge in [-0.1, -0.05) is 27.2 Å². The van der Waals surface area contributed by atoms with Gasteiger partial charge in [-0.3, -0.25) is 14.6 Å². The van der Waals surface area contributed by atoms with Crippen LogP contribution in [-0.4, -0.2) is 189 Å². The van der Waals surface area contributed by atoms with E-state index in [0.717, 1.165) is 32.4 Å². The van der Waals surface area contributed by atoms with Gasteiger partial charge in [0.2, 0.25) is 47.8 Å². The number of rotatable bonds is 12. The van der Waals surface area contributed by atoms with E-state index in [9.17, 15) is 61.7 Å². The molecule has 0 aromatic heterocycles. The number of carbonyl (C=O) groups is 1. The van der Waals surface area contributed by atoms with Gasteiger partial charge in [0.05, 0.1) is 23.3 Å². The molecule has 25 heteroatoms. The summed E-state index contributed by atoms with van der Waals surface area (Å²) < 4.78 is 154. The number of nitrogens with zero attached hydrogens (tertiary/aromatic N) is 6. The Balaban J connectivity index is 0.000000916. The molecule has 0 unspecified atom stereocenters. The van der Waals surface area contributed by atoms with Crippen LogP contribution in [0.2, 0.25) is 0 Å². The molecule has 0 aromatic carbocycles. The number of nitrogens with two attached hydrogens (primary N) is 1. The molecule has 6 aliphatic rings. The van der Waals surface area contributed by atoms with Crippen molar-refractivity contribution in [2.45, 2.75) is 165 Å². The predicted molar refractivity (Wildman–Crippen MR) is 250 cm³/mol. The first kappa shape index (κ1) is 64.5. The fourth-order valence-corrected chi connectivity index (χ4v) is 13.9. The van der Waals surface area contributed by atoms with Crippen LogP contribution in [0, 0.1) is 11.3 Å². The molecule has 6 fully saturated rings. The van der Waals surface area contributed by atoms with Crippen molar-refractivity contribution in [2.24, 2.45) is 5.73 Å². The van der Waals surface area contributed by atoms with Gasteiger partial charge in [0.25, 0.3) is 0 Å². The molecule has 0 spiro atoms. The maximum absolute atomic E-state index is 13.4. The molecule has 6 rings (SSSR count). The van der Waals surface area contributed by atoms with Gasteiger partial charge in [-0.15, -0.1) is 0 Å². The van der Waals surface area contributed by atoms with Crippen molar-refractivity contribution in [3.05, 3.63) is 0 Å². The normalized spacial score (nSPS) is 24.8. The molecule has 0 bridgehead atoms. The number of hydrogen-bond donors (Lipinski definition) is 1. The zero-order valence-electron chi connectivity index (χ0n) is 40.7. The van der Waals surface area contributed by atoms with E-state index in [0.29, 0.717) is 90.3 Å². The van der Waals surface area contributed by atoms with Crippen LogP contribution in [0.15, 0.2) is 0 Å². The van der Waals surface area contributed by atoms with E-state index < -0.39 is 53.4 Å². The number of hydrogen-bond acceptors (Lipinski definition) is 11. The van der Waals surface area contributed by atoms with Gasteiger partial charge in [0.1, 0.15) is 11.3 Å². The molecule has 3 aliphatic heterocycles. The fourth-order valence-electron chi connectivity index (χ4n) is 9.29. The summed E-state index contributed by atoms with van der Waals surface area (Å²) in [5, 5.41) is 9.51. The number of Topliss-reactive ketones (excluding diaryl/α,β-unsaturated/α-hetero) is 1. The predicted octanol–water partition coefficient (Wildman–Crippen LogP) is 1.98. The minimum Gasteiger partial charge on any atom is -1.00 e. The van der Waals surface area contributed by atoms with Crippen LogP contribution in [0.25, 0.3) is 0 Å². The number of piperidine rings is 1. The van der Waals surface area contributed by atoms with Crippen molar-refractivity contribution in [3.8, 4) is 6.07 Å². The van der Waals surface area contributed by atoms with E-state index in [1.807, 2.05) is 25.7 Å². The van der Waals surface area contributed by atoms with Crippen LogP contribution in [0.3, 0.4) is 0 Å². The number of halogens is 6. The summed E-state index contributed by atoms with van der Waals surface area (Å²) in [5.41, 5.74) is 4.66. The molecule has 2 N–H and O–H groups in total. The zero-order chi connectivity index (χ0) is 48.8. The van der Waals surface area contributed by atoms with Crippen LogP contribution < -0.4 is 24.6 Å². The van der Waals surface area contributed by atoms with E-state index in [-0.39, 0.29) is 125 Å². The largest absolute Gasteiger partial charge is 1.00 e. The van der Waals surface area contributed by atoms with Crippen molar-refractivity contribution < 1.29 is 76.7 Å². The number of sulfonamides is 3. The van der Waals surface area contributed by atoms with Gasteiger partial charge >= 0.3 is 18.9 Å². The number of ketones is 1. The third-order valence-corrected chi connectivity index (χ3v) is 19.7. The second-order valence-electron chi connectivity index (χ2n) is 18.4. The first-order chi connectivity index (χ1) is 30.3. The average molecular weight is 1040 g/mol. The number of nitriles is 1. The fraction of sp³-hybridized carbons (Fsp3) is 0.952. The Morgan fingerprint density at radius 3 is 1.19 bits per heavy atom. The molecule has 14 nitrogen and oxygen atoms in total. The number of alkyl halides is 6. The zero-order valence-corrected chi connectivity index (χ0v) is 42.2. The summed E-state index contributed by atoms with van der Waals surface area (Å²) in [4.78, 5) is 14.5. The van der Waals surface area contributed by atoms with Crippen LogP contribution in [0.1, 0.15) is 138 Å². The second kappa shape index (κ2) is 28.1. The number of piperazine rings is 2. The molecule has 0 aromatic rings. The van der Waals surface area contributed by atoms with Gasteiger partial charge in [-0.05, 0) is 57.8 Å². The summed E-state index contributed by atoms with van der Waals surface area (Å²) >= 11 is 0. The van der Waals surface area contributed by atoms with E-state index in [4.69, 9.17) is 5.73 Å². The standard InChI is InChI=1S/C14H27F2N3O2S.C14H23F2N3O2S.C8H17NO2S.C6H8F2O.Al.Li.4H/c2*1-2-11-22(20,21)19-9-7-18(8-10-19)13(12-17)3-5-14(15,16)6-4-13;1-2-8-12(10,11)9-6-4-3-5-7-9;7-6(8)3-1-5(9)2-4-6;;;;;;/h2-12,17H2,1H3;2-11H2,1H3;2-8H2,1H3;1-4H2;;;;;;/q;;;;;+1;;;;-1. The molecule has 0 radical (unpaired) electrons. The minimum atomic E-state index is -3.23. The number of carbonyl (C=O) groups excluding carboxylic acids is 1. The third-order valence-electron chi connectivity index (χ3n) is 13.5. The third kappa shape index (κ3) is 19.8. The summed E-state index contributed by atoms with van der Waals surface area (Å²) in [6.45, 7) is 10.9. The molecule has 0 atom stereocenters. The maximum Gasteiger partial charge on any atom is 1.00 e. The smallest absolute Gasteiger partial charge is 1.00 e. The van der Waals surface area contributed by atoms with E-state index in [1.165, 1.54) is 15.0 Å².